The highest BCUT2D eigenvalue weighted by molar-refractivity contribution is 6.06. The first-order valence-corrected chi connectivity index (χ1v) is 10.8. The first-order valence-electron chi connectivity index (χ1n) is 13.3. The summed E-state index contributed by atoms with van der Waals surface area (Å²) in [5, 5.41) is 1.60. The molecule has 0 radical (unpaired) electrons. The Bertz CT molecular complexity index is 1770. The van der Waals surface area contributed by atoms with Gasteiger partial charge < -0.3 is 4.42 Å². The zero-order chi connectivity index (χ0) is 26.5. The van der Waals surface area contributed by atoms with Gasteiger partial charge in [0.05, 0.1) is 5.69 Å². The van der Waals surface area contributed by atoms with Crippen molar-refractivity contribution in [3.8, 4) is 22.4 Å². The van der Waals surface area contributed by atoms with E-state index >= 15 is 0 Å². The summed E-state index contributed by atoms with van der Waals surface area (Å²) in [6.07, 6.45) is -0.0589. The molecule has 0 saturated heterocycles. The van der Waals surface area contributed by atoms with Crippen LogP contribution in [0.4, 0.5) is 0 Å². The molecule has 0 atom stereocenters. The Morgan fingerprint density at radius 1 is 0.727 bits per heavy atom. The Labute approximate surface area is 200 Å². The molecule has 2 heteroatoms. The third-order valence-corrected chi connectivity index (χ3v) is 5.82. The number of fused-ring (bicyclic) bond motifs is 3. The van der Waals surface area contributed by atoms with Crippen molar-refractivity contribution in [3.05, 3.63) is 126 Å². The van der Waals surface area contributed by atoms with Crippen molar-refractivity contribution in [3.63, 3.8) is 0 Å². The molecular formula is C31H23NO. The van der Waals surface area contributed by atoms with Crippen molar-refractivity contribution in [1.29, 1.82) is 0 Å². The van der Waals surface area contributed by atoms with Crippen molar-refractivity contribution in [2.45, 2.75) is 13.2 Å². The summed E-state index contributed by atoms with van der Waals surface area (Å²) in [5.74, 6) is 0. The van der Waals surface area contributed by atoms with Crippen LogP contribution in [0, 0.1) is 6.85 Å². The summed E-state index contributed by atoms with van der Waals surface area (Å²) < 4.78 is 48.0. The second kappa shape index (κ2) is 8.07. The monoisotopic (exact) mass is 430 g/mol. The summed E-state index contributed by atoms with van der Waals surface area (Å²) in [7, 11) is 0. The van der Waals surface area contributed by atoms with Crippen LogP contribution in [0.25, 0.3) is 44.3 Å². The highest BCUT2D eigenvalue weighted by atomic mass is 16.3. The van der Waals surface area contributed by atoms with Gasteiger partial charge in [-0.15, -0.1) is 0 Å². The number of aromatic nitrogens is 1. The number of aryl methyl sites for hydroxylation is 1. The van der Waals surface area contributed by atoms with Crippen LogP contribution in [-0.4, -0.2) is 4.98 Å². The van der Waals surface area contributed by atoms with Crippen molar-refractivity contribution >= 4 is 21.9 Å². The molecule has 0 spiro atoms. The molecule has 2 aromatic heterocycles. The van der Waals surface area contributed by atoms with E-state index in [4.69, 9.17) is 11.3 Å². The molecule has 0 amide bonds. The van der Waals surface area contributed by atoms with Crippen molar-refractivity contribution < 1.29 is 11.3 Å². The first-order chi connectivity index (χ1) is 18.2. The predicted molar refractivity (Wildman–Crippen MR) is 136 cm³/mol. The number of rotatable bonds is 4. The number of benzene rings is 4. The van der Waals surface area contributed by atoms with E-state index in [1.165, 1.54) is 0 Å². The molecule has 0 fully saturated rings. The van der Waals surface area contributed by atoms with Crippen LogP contribution in [0.3, 0.4) is 0 Å². The van der Waals surface area contributed by atoms with Crippen LogP contribution in [0.15, 0.2) is 114 Å². The molecule has 4 aromatic carbocycles. The number of hydrogen-bond donors (Lipinski definition) is 0. The smallest absolute Gasteiger partial charge is 0.135 e. The molecule has 0 aliphatic heterocycles. The maximum atomic E-state index is 8.77. The Morgan fingerprint density at radius 3 is 2.24 bits per heavy atom. The molecule has 6 aromatic rings. The third kappa shape index (κ3) is 3.70. The van der Waals surface area contributed by atoms with E-state index in [1.807, 2.05) is 72.8 Å². The highest BCUT2D eigenvalue weighted by Crippen LogP contribution is 2.34. The minimum Gasteiger partial charge on any atom is -0.456 e. The zero-order valence-corrected chi connectivity index (χ0v) is 17.7. The molecule has 6 rings (SSSR count). The van der Waals surface area contributed by atoms with Gasteiger partial charge in [0.1, 0.15) is 11.2 Å². The Balaban J connectivity index is 1.48. The lowest BCUT2D eigenvalue weighted by molar-refractivity contribution is 0.669. The fourth-order valence-electron chi connectivity index (χ4n) is 4.16. The summed E-state index contributed by atoms with van der Waals surface area (Å²) in [4.78, 5) is 4.63. The topological polar surface area (TPSA) is 26.0 Å². The van der Waals surface area contributed by atoms with Gasteiger partial charge in [-0.1, -0.05) is 66.7 Å². The first kappa shape index (κ1) is 14.8. The van der Waals surface area contributed by atoms with Crippen LogP contribution in [0.5, 0.6) is 0 Å². The molecule has 2 heterocycles. The molecule has 2 nitrogen and oxygen atoms in total. The molecule has 0 unspecified atom stereocenters. The van der Waals surface area contributed by atoms with E-state index in [-0.39, 0.29) is 5.56 Å². The maximum absolute atomic E-state index is 8.77. The lowest BCUT2D eigenvalue weighted by atomic mass is 9.99. The van der Waals surface area contributed by atoms with E-state index in [0.717, 1.165) is 21.9 Å². The van der Waals surface area contributed by atoms with Crippen molar-refractivity contribution in [2.75, 3.05) is 0 Å². The van der Waals surface area contributed by atoms with Crippen LogP contribution in [0.1, 0.15) is 23.5 Å². The van der Waals surface area contributed by atoms with Gasteiger partial charge in [0.2, 0.25) is 0 Å². The summed E-state index contributed by atoms with van der Waals surface area (Å²) in [6, 6.07) is 31.1. The van der Waals surface area contributed by atoms with E-state index in [2.05, 4.69) is 4.98 Å². The number of furan rings is 1. The fourth-order valence-corrected chi connectivity index (χ4v) is 4.16. The molecule has 0 aliphatic rings. The van der Waals surface area contributed by atoms with Crippen LogP contribution < -0.4 is 0 Å². The van der Waals surface area contributed by atoms with Crippen LogP contribution in [0.2, 0.25) is 0 Å². The van der Waals surface area contributed by atoms with E-state index < -0.39 is 13.2 Å². The average molecular weight is 431 g/mol. The van der Waals surface area contributed by atoms with Gasteiger partial charge in [0.15, 0.2) is 0 Å². The number of hydrogen-bond acceptors (Lipinski definition) is 2. The van der Waals surface area contributed by atoms with E-state index in [0.29, 0.717) is 33.6 Å². The Hall–Kier alpha value is -4.17. The minimum absolute atomic E-state index is 0.240. The predicted octanol–water partition coefficient (Wildman–Crippen LogP) is 8.21. The van der Waals surface area contributed by atoms with Crippen LogP contribution in [-0.2, 0) is 6.37 Å². The summed E-state index contributed by atoms with van der Waals surface area (Å²) in [6.45, 7) is -2.31. The lowest BCUT2D eigenvalue weighted by Crippen LogP contribution is -1.89. The van der Waals surface area contributed by atoms with Gasteiger partial charge in [-0.25, -0.2) is 0 Å². The molecule has 158 valence electrons. The lowest BCUT2D eigenvalue weighted by Gasteiger charge is -2.08. The largest absolute Gasteiger partial charge is 0.456 e. The summed E-state index contributed by atoms with van der Waals surface area (Å²) >= 11 is 0. The normalized spacial score (nSPS) is 14.4. The van der Waals surface area contributed by atoms with E-state index in [1.54, 1.807) is 36.5 Å². The van der Waals surface area contributed by atoms with Gasteiger partial charge in [0.25, 0.3) is 0 Å². The second-order valence-corrected chi connectivity index (χ2v) is 8.00. The standard InChI is InChI=1S/C31H23NO/c1-21-16-29(32-20-28(21)24-10-6-3-7-11-24)25-13-15-31-27(19-25)26-18-23(12-14-30(26)33-31)17-22-8-4-2-5-9-22/h2-16,18-20H,17H2,1H3/i1D3,17D2. The molecular weight excluding hydrogens is 402 g/mol. The molecule has 33 heavy (non-hydrogen) atoms. The Kier molecular flexibility index (Phi) is 3.62. The van der Waals surface area contributed by atoms with Crippen molar-refractivity contribution in [2.24, 2.45) is 0 Å². The van der Waals surface area contributed by atoms with Crippen LogP contribution >= 0.6 is 0 Å². The zero-order valence-electron chi connectivity index (χ0n) is 22.7. The van der Waals surface area contributed by atoms with Gasteiger partial charge in [-0.2, -0.15) is 0 Å². The number of pyridine rings is 1. The minimum atomic E-state index is -2.31. The highest BCUT2D eigenvalue weighted by Gasteiger charge is 2.11. The van der Waals surface area contributed by atoms with Crippen molar-refractivity contribution in [1.82, 2.24) is 4.98 Å². The Morgan fingerprint density at radius 2 is 1.45 bits per heavy atom. The quantitative estimate of drug-likeness (QED) is 0.282. The summed E-state index contributed by atoms with van der Waals surface area (Å²) in [5.41, 5.74) is 5.34. The second-order valence-electron chi connectivity index (χ2n) is 8.00. The van der Waals surface area contributed by atoms with Gasteiger partial charge in [-0.05, 0) is 71.9 Å². The maximum Gasteiger partial charge on any atom is 0.135 e. The molecule has 0 aliphatic carbocycles. The van der Waals surface area contributed by atoms with E-state index in [9.17, 15) is 0 Å². The van der Waals surface area contributed by atoms with Gasteiger partial charge in [0, 0.05) is 34.9 Å². The molecule has 0 bridgehead atoms. The third-order valence-electron chi connectivity index (χ3n) is 5.82. The van der Waals surface area contributed by atoms with Gasteiger partial charge in [-0.3, -0.25) is 4.98 Å². The molecule has 0 saturated carbocycles. The number of nitrogens with zero attached hydrogens (tertiary/aromatic N) is 1. The SMILES string of the molecule is [2H]C([2H])([2H])c1cc(-c2ccc3oc4ccc(C([2H])([2H])c5ccccc5)cc4c3c2)ncc1-c1ccccc1. The van der Waals surface area contributed by atoms with Gasteiger partial charge >= 0.3 is 0 Å². The molecule has 0 N–H and O–H groups in total. The fraction of sp³-hybridized carbons (Fsp3) is 0.0645. The average Bonchev–Trinajstić information content (AvgIpc) is 3.30.